The van der Waals surface area contributed by atoms with Gasteiger partial charge in [-0.3, -0.25) is 0 Å². The van der Waals surface area contributed by atoms with E-state index in [0.717, 1.165) is 39.5 Å². The fraction of sp³-hybridized carbons (Fsp3) is 0.185. The molecule has 1 N–H and O–H groups in total. The highest BCUT2D eigenvalue weighted by Crippen LogP contribution is 2.52. The Kier molecular flexibility index (Phi) is 5.06. The molecule has 8 heteroatoms. The highest BCUT2D eigenvalue weighted by Gasteiger charge is 2.42. The summed E-state index contributed by atoms with van der Waals surface area (Å²) in [6, 6.07) is 21.5. The average Bonchev–Trinajstić information content (AvgIpc) is 3.39. The van der Waals surface area contributed by atoms with E-state index in [0.29, 0.717) is 17.4 Å². The second kappa shape index (κ2) is 8.39. The van der Waals surface area contributed by atoms with Gasteiger partial charge < -0.3 is 24.3 Å². The number of nitrogens with one attached hydrogen (secondary N) is 1. The maximum Gasteiger partial charge on any atom is 0.226 e. The van der Waals surface area contributed by atoms with Crippen molar-refractivity contribution in [3.63, 3.8) is 0 Å². The molecular weight excluding hydrogens is 444 g/mol. The van der Waals surface area contributed by atoms with Gasteiger partial charge in [0.1, 0.15) is 23.9 Å². The Morgan fingerprint density at radius 1 is 0.886 bits per heavy atom. The van der Waals surface area contributed by atoms with Crippen LogP contribution in [0.15, 0.2) is 78.6 Å². The van der Waals surface area contributed by atoms with Crippen molar-refractivity contribution >= 4 is 11.6 Å². The van der Waals surface area contributed by atoms with E-state index >= 15 is 0 Å². The van der Waals surface area contributed by atoms with Crippen LogP contribution in [0, 0.1) is 0 Å². The highest BCUT2D eigenvalue weighted by atomic mass is 16.5. The van der Waals surface area contributed by atoms with Crippen LogP contribution in [0.4, 0.5) is 5.95 Å². The van der Waals surface area contributed by atoms with Crippen LogP contribution in [0.25, 0.3) is 5.70 Å². The molecule has 176 valence electrons. The number of hydrogen-bond acceptors (Lipinski definition) is 7. The number of fused-ring (bicyclic) bond motifs is 3. The van der Waals surface area contributed by atoms with Gasteiger partial charge in [0.15, 0.2) is 17.6 Å². The molecule has 8 nitrogen and oxygen atoms in total. The van der Waals surface area contributed by atoms with Gasteiger partial charge in [-0.05, 0) is 35.9 Å². The SMILES string of the molecule is COc1ccc([C@H]2C3=C(Nc4ncnn42)c2ccccc2O[C@@H]3c2cccc(OC)c2OC)cc1. The van der Waals surface area contributed by atoms with Crippen LogP contribution < -0.4 is 24.3 Å². The number of anilines is 1. The summed E-state index contributed by atoms with van der Waals surface area (Å²) >= 11 is 0. The summed E-state index contributed by atoms with van der Waals surface area (Å²) in [5.41, 5.74) is 4.80. The molecule has 2 atom stereocenters. The highest BCUT2D eigenvalue weighted by molar-refractivity contribution is 5.85. The molecule has 0 fully saturated rings. The van der Waals surface area contributed by atoms with Crippen LogP contribution >= 0.6 is 0 Å². The third kappa shape index (κ3) is 3.29. The van der Waals surface area contributed by atoms with Crippen LogP contribution in [0.1, 0.15) is 28.8 Å². The summed E-state index contributed by atoms with van der Waals surface area (Å²) in [4.78, 5) is 4.49. The fourth-order valence-electron chi connectivity index (χ4n) is 4.90. The molecule has 2 aliphatic rings. The molecule has 0 saturated heterocycles. The van der Waals surface area contributed by atoms with Crippen molar-refractivity contribution in [1.29, 1.82) is 0 Å². The summed E-state index contributed by atoms with van der Waals surface area (Å²) in [7, 11) is 4.93. The summed E-state index contributed by atoms with van der Waals surface area (Å²) in [5.74, 6) is 3.49. The molecule has 0 saturated carbocycles. The summed E-state index contributed by atoms with van der Waals surface area (Å²) in [6.07, 6.45) is 1.09. The predicted molar refractivity (Wildman–Crippen MR) is 131 cm³/mol. The minimum Gasteiger partial charge on any atom is -0.497 e. The van der Waals surface area contributed by atoms with E-state index in [2.05, 4.69) is 15.4 Å². The first-order valence-corrected chi connectivity index (χ1v) is 11.2. The summed E-state index contributed by atoms with van der Waals surface area (Å²) in [6.45, 7) is 0. The van der Waals surface area contributed by atoms with Crippen molar-refractivity contribution in [3.05, 3.63) is 95.3 Å². The lowest BCUT2D eigenvalue weighted by Crippen LogP contribution is -2.32. The van der Waals surface area contributed by atoms with E-state index in [-0.39, 0.29) is 6.04 Å². The molecule has 0 aliphatic carbocycles. The van der Waals surface area contributed by atoms with Gasteiger partial charge in [-0.1, -0.05) is 36.4 Å². The van der Waals surface area contributed by atoms with Crippen LogP contribution in [0.3, 0.4) is 0 Å². The molecule has 3 heterocycles. The number of ether oxygens (including phenoxy) is 4. The van der Waals surface area contributed by atoms with Gasteiger partial charge in [-0.25, -0.2) is 4.68 Å². The lowest BCUT2D eigenvalue weighted by Gasteiger charge is -2.39. The largest absolute Gasteiger partial charge is 0.497 e. The van der Waals surface area contributed by atoms with Crippen LogP contribution in [-0.2, 0) is 0 Å². The molecule has 0 unspecified atom stereocenters. The second-order valence-electron chi connectivity index (χ2n) is 8.24. The second-order valence-corrected chi connectivity index (χ2v) is 8.24. The average molecular weight is 469 g/mol. The van der Waals surface area contributed by atoms with Crippen LogP contribution in [0.5, 0.6) is 23.0 Å². The lowest BCUT2D eigenvalue weighted by atomic mass is 9.84. The number of aromatic nitrogens is 3. The molecule has 1 aromatic heterocycles. The molecule has 35 heavy (non-hydrogen) atoms. The van der Waals surface area contributed by atoms with Crippen LogP contribution in [0.2, 0.25) is 0 Å². The first-order valence-electron chi connectivity index (χ1n) is 11.2. The van der Waals surface area contributed by atoms with E-state index in [1.165, 1.54) is 0 Å². The topological polar surface area (TPSA) is 79.7 Å². The number of benzene rings is 3. The van der Waals surface area contributed by atoms with Gasteiger partial charge in [0, 0.05) is 16.7 Å². The monoisotopic (exact) mass is 468 g/mol. The first-order chi connectivity index (χ1) is 17.2. The zero-order valence-electron chi connectivity index (χ0n) is 19.6. The number of nitrogens with zero attached hydrogens (tertiary/aromatic N) is 3. The Bertz CT molecular complexity index is 1430. The summed E-state index contributed by atoms with van der Waals surface area (Å²) in [5, 5.41) is 8.09. The van der Waals surface area contributed by atoms with Gasteiger partial charge in [0.25, 0.3) is 0 Å². The predicted octanol–water partition coefficient (Wildman–Crippen LogP) is 4.86. The maximum absolute atomic E-state index is 6.70. The number of methoxy groups -OCH3 is 3. The molecule has 6 rings (SSSR count). The fourth-order valence-corrected chi connectivity index (χ4v) is 4.90. The first kappa shape index (κ1) is 21.1. The van der Waals surface area contributed by atoms with E-state index in [1.807, 2.05) is 71.4 Å². The van der Waals surface area contributed by atoms with E-state index in [1.54, 1.807) is 27.7 Å². The molecule has 0 spiro atoms. The smallest absolute Gasteiger partial charge is 0.226 e. The molecule has 4 aromatic rings. The Labute approximate surface area is 202 Å². The van der Waals surface area contributed by atoms with Crippen LogP contribution in [-0.4, -0.2) is 36.1 Å². The van der Waals surface area contributed by atoms with E-state index in [4.69, 9.17) is 18.9 Å². The molecule has 0 amide bonds. The zero-order chi connectivity index (χ0) is 23.9. The molecule has 0 radical (unpaired) electrons. The third-order valence-corrected chi connectivity index (χ3v) is 6.47. The van der Waals surface area contributed by atoms with Crippen molar-refractivity contribution in [2.45, 2.75) is 12.1 Å². The van der Waals surface area contributed by atoms with Gasteiger partial charge in [-0.15, -0.1) is 0 Å². The summed E-state index contributed by atoms with van der Waals surface area (Å²) < 4.78 is 25.4. The standard InChI is InChI=1S/C27H24N4O4/c1-32-17-13-11-16(12-14-17)24-22-23(30-27-28-15-29-31(24)27)18-7-4-5-9-20(18)35-26(22)19-8-6-10-21(33-2)25(19)34-3/h4-15,24,26H,1-3H3,(H,28,29,30)/t24-,26+/m0/s1. The van der Waals surface area contributed by atoms with Crippen molar-refractivity contribution in [1.82, 2.24) is 14.8 Å². The Morgan fingerprint density at radius 3 is 2.49 bits per heavy atom. The molecule has 2 aliphatic heterocycles. The molecule has 3 aromatic carbocycles. The Balaban J connectivity index is 1.62. The minimum absolute atomic E-state index is 0.274. The van der Waals surface area contributed by atoms with Crippen molar-refractivity contribution in [3.8, 4) is 23.0 Å². The van der Waals surface area contributed by atoms with Gasteiger partial charge in [0.05, 0.1) is 27.0 Å². The van der Waals surface area contributed by atoms with E-state index in [9.17, 15) is 0 Å². The van der Waals surface area contributed by atoms with Gasteiger partial charge >= 0.3 is 0 Å². The van der Waals surface area contributed by atoms with Crippen molar-refractivity contribution in [2.75, 3.05) is 26.6 Å². The minimum atomic E-state index is -0.470. The third-order valence-electron chi connectivity index (χ3n) is 6.47. The van der Waals surface area contributed by atoms with Crippen molar-refractivity contribution in [2.24, 2.45) is 0 Å². The zero-order valence-corrected chi connectivity index (χ0v) is 19.6. The van der Waals surface area contributed by atoms with Gasteiger partial charge in [-0.2, -0.15) is 10.1 Å². The van der Waals surface area contributed by atoms with E-state index < -0.39 is 6.10 Å². The number of para-hydroxylation sites is 2. The number of hydrogen-bond donors (Lipinski definition) is 1. The van der Waals surface area contributed by atoms with Crippen molar-refractivity contribution < 1.29 is 18.9 Å². The maximum atomic E-state index is 6.70. The quantitative estimate of drug-likeness (QED) is 0.448. The normalized spacial score (nSPS) is 17.9. The van der Waals surface area contributed by atoms with Gasteiger partial charge in [0.2, 0.25) is 5.95 Å². The Morgan fingerprint density at radius 2 is 1.71 bits per heavy atom. The molecule has 0 bridgehead atoms. The Hall–Kier alpha value is -4.46. The number of rotatable bonds is 5. The molecular formula is C27H24N4O4. The lowest BCUT2D eigenvalue weighted by molar-refractivity contribution is 0.216.